The lowest BCUT2D eigenvalue weighted by Gasteiger charge is -2.08. The summed E-state index contributed by atoms with van der Waals surface area (Å²) in [4.78, 5) is 13.4. The van der Waals surface area contributed by atoms with E-state index in [4.69, 9.17) is 28.3 Å². The maximum absolute atomic E-state index is 12.5. The van der Waals surface area contributed by atoms with E-state index in [0.29, 0.717) is 34.3 Å². The van der Waals surface area contributed by atoms with E-state index in [9.17, 15) is 13.2 Å². The van der Waals surface area contributed by atoms with Crippen molar-refractivity contribution in [2.24, 2.45) is 5.14 Å². The lowest BCUT2D eigenvalue weighted by Crippen LogP contribution is -2.25. The van der Waals surface area contributed by atoms with Crippen molar-refractivity contribution in [2.45, 2.75) is 22.0 Å². The first-order valence-electron chi connectivity index (χ1n) is 9.29. The molecular formula is C22H20Cl2N2O3S2. The van der Waals surface area contributed by atoms with Gasteiger partial charge in [-0.3, -0.25) is 4.79 Å². The van der Waals surface area contributed by atoms with Gasteiger partial charge in [0.15, 0.2) is 0 Å². The summed E-state index contributed by atoms with van der Waals surface area (Å²) in [5, 5.41) is 9.24. The molecule has 0 unspecified atom stereocenters. The van der Waals surface area contributed by atoms with Crippen LogP contribution in [0.15, 0.2) is 76.5 Å². The van der Waals surface area contributed by atoms with Crippen LogP contribution in [0.1, 0.15) is 21.5 Å². The Morgan fingerprint density at radius 3 is 2.42 bits per heavy atom. The van der Waals surface area contributed by atoms with Crippen LogP contribution in [0.3, 0.4) is 0 Å². The Kier molecular flexibility index (Phi) is 8.02. The molecule has 0 fully saturated rings. The van der Waals surface area contributed by atoms with Crippen LogP contribution in [0.4, 0.5) is 0 Å². The number of carbonyl (C=O) groups is 1. The molecule has 0 aliphatic rings. The van der Waals surface area contributed by atoms with Crippen LogP contribution in [0.25, 0.3) is 0 Å². The van der Waals surface area contributed by atoms with Crippen molar-refractivity contribution in [3.8, 4) is 0 Å². The molecule has 9 heteroatoms. The molecule has 0 atom stereocenters. The highest BCUT2D eigenvalue weighted by Crippen LogP contribution is 2.32. The zero-order chi connectivity index (χ0) is 22.4. The number of hydrogen-bond donors (Lipinski definition) is 2. The average Bonchev–Trinajstić information content (AvgIpc) is 2.74. The van der Waals surface area contributed by atoms with Crippen molar-refractivity contribution in [3.63, 3.8) is 0 Å². The van der Waals surface area contributed by atoms with E-state index in [1.54, 1.807) is 42.1 Å². The average molecular weight is 495 g/mol. The van der Waals surface area contributed by atoms with Gasteiger partial charge in [-0.15, -0.1) is 11.8 Å². The van der Waals surface area contributed by atoms with Gasteiger partial charge in [0.25, 0.3) is 5.91 Å². The molecule has 0 heterocycles. The number of rotatable bonds is 8. The molecule has 0 radical (unpaired) electrons. The molecular weight excluding hydrogens is 475 g/mol. The Balaban J connectivity index is 1.54. The molecule has 162 valence electrons. The first kappa shape index (κ1) is 23.6. The standard InChI is InChI=1S/C22H20Cl2N2O3S2/c23-18-6-9-20(24)21(13-18)30-14-16-2-1-3-17(12-16)22(27)26-11-10-15-4-7-19(8-5-15)31(25,28)29/h1-9,12-13H,10-11,14H2,(H,26,27)(H2,25,28,29). The van der Waals surface area contributed by atoms with Crippen molar-refractivity contribution >= 4 is 50.9 Å². The Morgan fingerprint density at radius 2 is 1.71 bits per heavy atom. The summed E-state index contributed by atoms with van der Waals surface area (Å²) in [5.74, 6) is 0.478. The van der Waals surface area contributed by atoms with Gasteiger partial charge in [-0.05, 0) is 60.0 Å². The largest absolute Gasteiger partial charge is 0.352 e. The zero-order valence-electron chi connectivity index (χ0n) is 16.3. The second kappa shape index (κ2) is 10.5. The molecule has 31 heavy (non-hydrogen) atoms. The minimum Gasteiger partial charge on any atom is -0.352 e. The number of halogens is 2. The van der Waals surface area contributed by atoms with E-state index >= 15 is 0 Å². The summed E-state index contributed by atoms with van der Waals surface area (Å²) in [6.45, 7) is 0.421. The van der Waals surface area contributed by atoms with E-state index < -0.39 is 10.0 Å². The fourth-order valence-electron chi connectivity index (χ4n) is 2.82. The third-order valence-corrected chi connectivity index (χ3v) is 7.16. The first-order valence-corrected chi connectivity index (χ1v) is 12.6. The van der Waals surface area contributed by atoms with Gasteiger partial charge in [-0.25, -0.2) is 13.6 Å². The van der Waals surface area contributed by atoms with Crippen LogP contribution in [-0.2, 0) is 22.2 Å². The fourth-order valence-corrected chi connectivity index (χ4v) is 4.77. The van der Waals surface area contributed by atoms with E-state index in [1.165, 1.54) is 12.1 Å². The normalized spacial score (nSPS) is 11.3. The van der Waals surface area contributed by atoms with Gasteiger partial charge in [0, 0.05) is 27.8 Å². The van der Waals surface area contributed by atoms with E-state index in [-0.39, 0.29) is 10.8 Å². The SMILES string of the molecule is NS(=O)(=O)c1ccc(CCNC(=O)c2cccc(CSc3cc(Cl)ccc3Cl)c2)cc1. The van der Waals surface area contributed by atoms with Crippen molar-refractivity contribution < 1.29 is 13.2 Å². The molecule has 0 saturated carbocycles. The van der Waals surface area contributed by atoms with E-state index in [2.05, 4.69) is 5.32 Å². The molecule has 0 saturated heterocycles. The van der Waals surface area contributed by atoms with E-state index in [0.717, 1.165) is 16.0 Å². The first-order chi connectivity index (χ1) is 14.7. The molecule has 0 bridgehead atoms. The molecule has 3 N–H and O–H groups in total. The quantitative estimate of drug-likeness (QED) is 0.435. The van der Waals surface area contributed by atoms with Crippen LogP contribution in [0, 0.1) is 0 Å². The van der Waals surface area contributed by atoms with Crippen LogP contribution in [0.5, 0.6) is 0 Å². The number of benzene rings is 3. The summed E-state index contributed by atoms with van der Waals surface area (Å²) in [5.41, 5.74) is 2.46. The number of hydrogen-bond acceptors (Lipinski definition) is 4. The molecule has 0 spiro atoms. The number of nitrogens with two attached hydrogens (primary N) is 1. The lowest BCUT2D eigenvalue weighted by molar-refractivity contribution is 0.0954. The smallest absolute Gasteiger partial charge is 0.251 e. The molecule has 0 aromatic heterocycles. The second-order valence-electron chi connectivity index (χ2n) is 6.76. The van der Waals surface area contributed by atoms with Crippen molar-refractivity contribution in [1.29, 1.82) is 0 Å². The molecule has 3 rings (SSSR count). The molecule has 0 aliphatic carbocycles. The number of sulfonamides is 1. The summed E-state index contributed by atoms with van der Waals surface area (Å²) < 4.78 is 22.6. The number of nitrogens with one attached hydrogen (secondary N) is 1. The highest BCUT2D eigenvalue weighted by Gasteiger charge is 2.09. The minimum absolute atomic E-state index is 0.0639. The Hall–Kier alpha value is -2.03. The maximum Gasteiger partial charge on any atom is 0.251 e. The predicted octanol–water partition coefficient (Wildman–Crippen LogP) is 4.91. The Morgan fingerprint density at radius 1 is 0.968 bits per heavy atom. The monoisotopic (exact) mass is 494 g/mol. The van der Waals surface area contributed by atoms with Gasteiger partial charge < -0.3 is 5.32 Å². The second-order valence-corrected chi connectivity index (χ2v) is 10.2. The summed E-state index contributed by atoms with van der Waals surface area (Å²) in [7, 11) is -3.71. The molecule has 5 nitrogen and oxygen atoms in total. The third kappa shape index (κ3) is 6.98. The number of thioether (sulfide) groups is 1. The lowest BCUT2D eigenvalue weighted by atomic mass is 10.1. The minimum atomic E-state index is -3.71. The van der Waals surface area contributed by atoms with Gasteiger partial charge >= 0.3 is 0 Å². The van der Waals surface area contributed by atoms with Gasteiger partial charge in [-0.1, -0.05) is 47.5 Å². The fraction of sp³-hybridized carbons (Fsp3) is 0.136. The van der Waals surface area contributed by atoms with Gasteiger partial charge in [-0.2, -0.15) is 0 Å². The highest BCUT2D eigenvalue weighted by molar-refractivity contribution is 7.98. The number of carbonyl (C=O) groups excluding carboxylic acids is 1. The highest BCUT2D eigenvalue weighted by atomic mass is 35.5. The summed E-state index contributed by atoms with van der Waals surface area (Å²) in [6.07, 6.45) is 0.569. The van der Waals surface area contributed by atoms with Crippen LogP contribution >= 0.6 is 35.0 Å². The van der Waals surface area contributed by atoms with Crippen molar-refractivity contribution in [2.75, 3.05) is 6.54 Å². The van der Waals surface area contributed by atoms with Crippen LogP contribution in [0.2, 0.25) is 10.0 Å². The van der Waals surface area contributed by atoms with Crippen LogP contribution < -0.4 is 10.5 Å². The van der Waals surface area contributed by atoms with Crippen molar-refractivity contribution in [1.82, 2.24) is 5.32 Å². The Labute approximate surface area is 196 Å². The van der Waals surface area contributed by atoms with Gasteiger partial charge in [0.05, 0.1) is 9.92 Å². The van der Waals surface area contributed by atoms with Crippen molar-refractivity contribution in [3.05, 3.63) is 93.5 Å². The zero-order valence-corrected chi connectivity index (χ0v) is 19.5. The number of primary sulfonamides is 1. The predicted molar refractivity (Wildman–Crippen MR) is 126 cm³/mol. The van der Waals surface area contributed by atoms with Gasteiger partial charge in [0.1, 0.15) is 0 Å². The number of amides is 1. The molecule has 3 aromatic rings. The third-order valence-electron chi connectivity index (χ3n) is 4.43. The Bertz CT molecular complexity index is 1180. The molecule has 0 aliphatic heterocycles. The van der Waals surface area contributed by atoms with Gasteiger partial charge in [0.2, 0.25) is 10.0 Å². The summed E-state index contributed by atoms with van der Waals surface area (Å²) >= 11 is 13.8. The van der Waals surface area contributed by atoms with Crippen LogP contribution in [-0.4, -0.2) is 20.9 Å². The molecule has 3 aromatic carbocycles. The molecule has 1 amide bonds. The summed E-state index contributed by atoms with van der Waals surface area (Å²) in [6, 6.07) is 19.0. The maximum atomic E-state index is 12.5. The topological polar surface area (TPSA) is 89.3 Å². The van der Waals surface area contributed by atoms with E-state index in [1.807, 2.05) is 24.3 Å².